The number of H-pyrrole nitrogens is 3. The highest BCUT2D eigenvalue weighted by atomic mass is 19.1. The van der Waals surface area contributed by atoms with E-state index in [2.05, 4.69) is 15.0 Å². The first-order valence-electron chi connectivity index (χ1n) is 10.3. The monoisotopic (exact) mass is 478 g/mol. The summed E-state index contributed by atoms with van der Waals surface area (Å²) in [5, 5.41) is 10.4. The lowest BCUT2D eigenvalue weighted by atomic mass is 10.0. The van der Waals surface area contributed by atoms with E-state index in [4.69, 9.17) is 0 Å². The summed E-state index contributed by atoms with van der Waals surface area (Å²) < 4.78 is 30.8. The molecule has 0 bridgehead atoms. The number of rotatable bonds is 4. The van der Waals surface area contributed by atoms with Gasteiger partial charge in [0.15, 0.2) is 0 Å². The topological polar surface area (TPSA) is 141 Å². The number of halogens is 2. The van der Waals surface area contributed by atoms with Crippen LogP contribution in [0.1, 0.15) is 21.6 Å². The molecule has 176 valence electrons. The SMILES string of the molecule is Cc1cc2c(-c3ccc[nH]c3=O)c(C(=O)O)n(Cc3cc4c(=O)[nH]c(=O)[nH]c4cc3F)c2cc1F. The molecule has 4 N–H and O–H groups in total. The third kappa shape index (κ3) is 3.53. The Hall–Kier alpha value is -4.80. The van der Waals surface area contributed by atoms with Crippen molar-refractivity contribution < 1.29 is 18.7 Å². The molecule has 0 atom stereocenters. The Balaban J connectivity index is 1.85. The molecule has 11 heteroatoms. The van der Waals surface area contributed by atoms with Crippen LogP contribution in [0.5, 0.6) is 0 Å². The van der Waals surface area contributed by atoms with Crippen LogP contribution < -0.4 is 16.8 Å². The Morgan fingerprint density at radius 2 is 1.77 bits per heavy atom. The minimum atomic E-state index is -1.42. The van der Waals surface area contributed by atoms with Gasteiger partial charge in [-0.2, -0.15) is 0 Å². The first-order chi connectivity index (χ1) is 16.7. The molecule has 0 aliphatic heterocycles. The van der Waals surface area contributed by atoms with E-state index in [9.17, 15) is 28.7 Å². The van der Waals surface area contributed by atoms with Crippen LogP contribution in [0.15, 0.2) is 57.0 Å². The zero-order valence-corrected chi connectivity index (χ0v) is 18.0. The zero-order valence-electron chi connectivity index (χ0n) is 18.0. The van der Waals surface area contributed by atoms with Gasteiger partial charge in [0, 0.05) is 28.3 Å². The van der Waals surface area contributed by atoms with Crippen molar-refractivity contribution in [2.75, 3.05) is 0 Å². The van der Waals surface area contributed by atoms with Gasteiger partial charge in [0.1, 0.15) is 17.3 Å². The van der Waals surface area contributed by atoms with Gasteiger partial charge in [-0.15, -0.1) is 0 Å². The standard InChI is InChI=1S/C24H16F2N4O5/c1-10-5-14-18(8-15(10)25)30(20(23(33)34)19(14)12-3-2-4-27-21(12)31)9-11-6-13-17(7-16(11)26)28-24(35)29-22(13)32/h2-8H,9H2,1H3,(H,27,31)(H,33,34)(H2,28,29,32,35). The average Bonchev–Trinajstić information content (AvgIpc) is 3.08. The highest BCUT2D eigenvalue weighted by Crippen LogP contribution is 2.36. The third-order valence-electron chi connectivity index (χ3n) is 5.87. The van der Waals surface area contributed by atoms with E-state index >= 15 is 4.39 Å². The van der Waals surface area contributed by atoms with Crippen LogP contribution in [0, 0.1) is 18.6 Å². The lowest BCUT2D eigenvalue weighted by Crippen LogP contribution is -2.22. The molecule has 0 saturated heterocycles. The summed E-state index contributed by atoms with van der Waals surface area (Å²) >= 11 is 0. The third-order valence-corrected chi connectivity index (χ3v) is 5.87. The molecule has 35 heavy (non-hydrogen) atoms. The molecule has 0 unspecified atom stereocenters. The highest BCUT2D eigenvalue weighted by molar-refractivity contribution is 6.08. The number of carbonyl (C=O) groups is 1. The van der Waals surface area contributed by atoms with Crippen molar-refractivity contribution in [3.05, 3.63) is 102 Å². The van der Waals surface area contributed by atoms with Crippen LogP contribution >= 0.6 is 0 Å². The van der Waals surface area contributed by atoms with Crippen LogP contribution in [-0.2, 0) is 6.54 Å². The summed E-state index contributed by atoms with van der Waals surface area (Å²) in [7, 11) is 0. The van der Waals surface area contributed by atoms with Crippen molar-refractivity contribution in [3.63, 3.8) is 0 Å². The number of carboxylic acid groups (broad SMARTS) is 1. The zero-order chi connectivity index (χ0) is 25.0. The van der Waals surface area contributed by atoms with Crippen molar-refractivity contribution in [1.29, 1.82) is 0 Å². The summed E-state index contributed by atoms with van der Waals surface area (Å²) in [6.07, 6.45) is 1.39. The molecular weight excluding hydrogens is 462 g/mol. The summed E-state index contributed by atoms with van der Waals surface area (Å²) in [6.45, 7) is 1.10. The number of nitrogens with zero attached hydrogens (tertiary/aromatic N) is 1. The second-order valence-corrected chi connectivity index (χ2v) is 8.04. The van der Waals surface area contributed by atoms with E-state index in [1.807, 2.05) is 0 Å². The molecule has 3 heterocycles. The molecule has 3 aromatic heterocycles. The van der Waals surface area contributed by atoms with Gasteiger partial charge in [0.05, 0.1) is 23.0 Å². The number of fused-ring (bicyclic) bond motifs is 2. The molecule has 9 nitrogen and oxygen atoms in total. The fourth-order valence-corrected chi connectivity index (χ4v) is 4.28. The van der Waals surface area contributed by atoms with E-state index in [0.717, 1.165) is 12.1 Å². The fourth-order valence-electron chi connectivity index (χ4n) is 4.28. The minimum Gasteiger partial charge on any atom is -0.477 e. The Bertz CT molecular complexity index is 1860. The number of aryl methyl sites for hydroxylation is 1. The molecule has 0 spiro atoms. The average molecular weight is 478 g/mol. The van der Waals surface area contributed by atoms with Crippen LogP contribution in [0.25, 0.3) is 32.9 Å². The van der Waals surface area contributed by atoms with Crippen LogP contribution in [-0.4, -0.2) is 30.6 Å². The number of aromatic amines is 3. The number of nitrogens with one attached hydrogen (secondary N) is 3. The van der Waals surface area contributed by atoms with Gasteiger partial charge in [-0.25, -0.2) is 18.4 Å². The van der Waals surface area contributed by atoms with Gasteiger partial charge in [-0.05, 0) is 48.9 Å². The summed E-state index contributed by atoms with van der Waals surface area (Å²) in [5.74, 6) is -2.85. The summed E-state index contributed by atoms with van der Waals surface area (Å²) in [5.41, 5.74) is -2.11. The van der Waals surface area contributed by atoms with Crippen molar-refractivity contribution in [2.24, 2.45) is 0 Å². The van der Waals surface area contributed by atoms with Crippen molar-refractivity contribution >= 4 is 27.8 Å². The molecule has 0 aliphatic rings. The number of hydrogen-bond donors (Lipinski definition) is 4. The van der Waals surface area contributed by atoms with Gasteiger partial charge in [0.25, 0.3) is 11.1 Å². The predicted molar refractivity (Wildman–Crippen MR) is 124 cm³/mol. The van der Waals surface area contributed by atoms with E-state index in [-0.39, 0.29) is 44.4 Å². The lowest BCUT2D eigenvalue weighted by molar-refractivity contribution is 0.0687. The molecule has 5 aromatic rings. The van der Waals surface area contributed by atoms with Crippen LogP contribution in [0.2, 0.25) is 0 Å². The van der Waals surface area contributed by atoms with E-state index in [1.165, 1.54) is 42.0 Å². The van der Waals surface area contributed by atoms with E-state index in [1.54, 1.807) is 0 Å². The second kappa shape index (κ2) is 7.90. The smallest absolute Gasteiger partial charge is 0.353 e. The Morgan fingerprint density at radius 3 is 2.49 bits per heavy atom. The lowest BCUT2D eigenvalue weighted by Gasteiger charge is -2.11. The predicted octanol–water partition coefficient (Wildman–Crippen LogP) is 2.86. The normalized spacial score (nSPS) is 11.4. The van der Waals surface area contributed by atoms with Crippen LogP contribution in [0.3, 0.4) is 0 Å². The molecule has 0 saturated carbocycles. The summed E-state index contributed by atoms with van der Waals surface area (Å²) in [4.78, 5) is 55.6. The van der Waals surface area contributed by atoms with Crippen molar-refractivity contribution in [1.82, 2.24) is 19.5 Å². The Labute approximate surface area is 193 Å². The maximum absolute atomic E-state index is 15.0. The molecule has 0 aliphatic carbocycles. The number of aromatic carboxylic acids is 1. The Kier molecular flexibility index (Phi) is 4.97. The van der Waals surface area contributed by atoms with Gasteiger partial charge < -0.3 is 19.6 Å². The summed E-state index contributed by atoms with van der Waals surface area (Å²) in [6, 6.07) is 7.67. The van der Waals surface area contributed by atoms with Gasteiger partial charge >= 0.3 is 11.7 Å². The number of carboxylic acids is 1. The number of benzene rings is 2. The van der Waals surface area contributed by atoms with Crippen LogP contribution in [0.4, 0.5) is 8.78 Å². The molecule has 0 radical (unpaired) electrons. The Morgan fingerprint density at radius 1 is 1.00 bits per heavy atom. The maximum Gasteiger partial charge on any atom is 0.353 e. The molecule has 5 rings (SSSR count). The fraction of sp³-hybridized carbons (Fsp3) is 0.0833. The van der Waals surface area contributed by atoms with Gasteiger partial charge in [-0.1, -0.05) is 0 Å². The first-order valence-corrected chi connectivity index (χ1v) is 10.3. The quantitative estimate of drug-likeness (QED) is 0.314. The molecule has 0 fully saturated rings. The van der Waals surface area contributed by atoms with E-state index < -0.39 is 41.0 Å². The minimum absolute atomic E-state index is 0.0175. The van der Waals surface area contributed by atoms with Gasteiger partial charge in [-0.3, -0.25) is 14.6 Å². The van der Waals surface area contributed by atoms with E-state index in [0.29, 0.717) is 5.39 Å². The highest BCUT2D eigenvalue weighted by Gasteiger charge is 2.26. The maximum atomic E-state index is 15.0. The molecular formula is C24H16F2N4O5. The van der Waals surface area contributed by atoms with Crippen molar-refractivity contribution in [3.8, 4) is 11.1 Å². The first kappa shape index (κ1) is 22.0. The number of hydrogen-bond acceptors (Lipinski definition) is 4. The second-order valence-electron chi connectivity index (χ2n) is 8.04. The number of pyridine rings is 1. The van der Waals surface area contributed by atoms with Gasteiger partial charge in [0.2, 0.25) is 0 Å². The molecule has 0 amide bonds. The van der Waals surface area contributed by atoms with Crippen molar-refractivity contribution in [2.45, 2.75) is 13.5 Å². The number of aromatic nitrogens is 4. The molecule has 2 aromatic carbocycles. The largest absolute Gasteiger partial charge is 0.477 e.